The van der Waals surface area contributed by atoms with Crippen molar-refractivity contribution < 1.29 is 9.31 Å². The van der Waals surface area contributed by atoms with Crippen LogP contribution < -0.4 is 5.46 Å². The highest BCUT2D eigenvalue weighted by atomic mass is 16.7. The predicted molar refractivity (Wildman–Crippen MR) is 262 cm³/mol. The predicted octanol–water partition coefficient (Wildman–Crippen LogP) is 16.0. The maximum Gasteiger partial charge on any atom is 0.495 e. The molecule has 1 aliphatic heterocycles. The summed E-state index contributed by atoms with van der Waals surface area (Å²) in [5.41, 5.74) is 19.6. The molecule has 0 aromatic heterocycles. The SMILES string of the molecule is CCCCCCCCC1(CCCCCCCC)c2ccccc2-c2ccc(-c3ccc4c(c3)C(C)(C)c3cc(-c5cc(C)c(B6OC(C)(C)C(C)(C)O6)c(C)c5)ccc3-4)cc21. The van der Waals surface area contributed by atoms with E-state index in [0.717, 1.165) is 5.46 Å². The van der Waals surface area contributed by atoms with Crippen molar-refractivity contribution in [2.45, 2.75) is 181 Å². The molecule has 2 aliphatic carbocycles. The van der Waals surface area contributed by atoms with Gasteiger partial charge < -0.3 is 9.31 Å². The average molecular weight is 813 g/mol. The van der Waals surface area contributed by atoms with Crippen LogP contribution >= 0.6 is 0 Å². The number of benzene rings is 5. The normalized spacial score (nSPS) is 17.3. The lowest BCUT2D eigenvalue weighted by atomic mass is 9.70. The molecule has 1 saturated heterocycles. The van der Waals surface area contributed by atoms with Crippen LogP contribution in [-0.2, 0) is 20.1 Å². The van der Waals surface area contributed by atoms with Crippen molar-refractivity contribution in [3.05, 3.63) is 124 Å². The van der Waals surface area contributed by atoms with Crippen molar-refractivity contribution in [3.63, 3.8) is 0 Å². The van der Waals surface area contributed by atoms with Crippen LogP contribution in [0.25, 0.3) is 44.5 Å². The standard InChI is InChI=1S/C58H73BO2/c1-11-13-15-17-19-23-33-58(34-24-20-18-16-14-12-2)50-26-22-21-25-46(50)49-32-28-43(39-53(49)58)42-27-30-47-48-31-29-44(38-52(48)55(5,6)51(47)37-42)45-35-40(3)54(41(4)36-45)59-60-56(7,8)57(9,10)61-59/h21-22,25-32,35-39H,11-20,23-24,33-34H2,1-10H3. The first-order valence-electron chi connectivity index (χ1n) is 24.2. The fourth-order valence-corrected chi connectivity index (χ4v) is 11.3. The van der Waals surface area contributed by atoms with E-state index in [-0.39, 0.29) is 29.2 Å². The Labute approximate surface area is 370 Å². The number of hydrogen-bond donors (Lipinski definition) is 0. The molecule has 320 valence electrons. The third-order valence-electron chi connectivity index (χ3n) is 15.6. The number of aryl methyl sites for hydroxylation is 2. The molecule has 0 saturated carbocycles. The van der Waals surface area contributed by atoms with Crippen molar-refractivity contribution in [1.82, 2.24) is 0 Å². The van der Waals surface area contributed by atoms with E-state index in [1.165, 1.54) is 157 Å². The average Bonchev–Trinajstić information content (AvgIpc) is 3.73. The number of rotatable bonds is 17. The lowest BCUT2D eigenvalue weighted by molar-refractivity contribution is 0.00578. The fraction of sp³-hybridized carbons (Fsp3) is 0.483. The van der Waals surface area contributed by atoms with Crippen molar-refractivity contribution in [2.75, 3.05) is 0 Å². The van der Waals surface area contributed by atoms with Gasteiger partial charge in [0, 0.05) is 10.8 Å². The lowest BCUT2D eigenvalue weighted by Crippen LogP contribution is -2.41. The molecular weight excluding hydrogens is 739 g/mol. The van der Waals surface area contributed by atoms with Gasteiger partial charge in [-0.25, -0.2) is 0 Å². The fourth-order valence-electron chi connectivity index (χ4n) is 11.3. The van der Waals surface area contributed by atoms with Crippen molar-refractivity contribution in [1.29, 1.82) is 0 Å². The first-order chi connectivity index (χ1) is 29.2. The van der Waals surface area contributed by atoms with Gasteiger partial charge in [-0.15, -0.1) is 0 Å². The van der Waals surface area contributed by atoms with Gasteiger partial charge >= 0.3 is 7.12 Å². The summed E-state index contributed by atoms with van der Waals surface area (Å²) >= 11 is 0. The maximum absolute atomic E-state index is 6.51. The summed E-state index contributed by atoms with van der Waals surface area (Å²) in [4.78, 5) is 0. The Hall–Kier alpha value is -3.92. The smallest absolute Gasteiger partial charge is 0.399 e. The largest absolute Gasteiger partial charge is 0.495 e. The van der Waals surface area contributed by atoms with E-state index in [2.05, 4.69) is 160 Å². The molecule has 0 amide bonds. The van der Waals surface area contributed by atoms with Gasteiger partial charge in [-0.2, -0.15) is 0 Å². The Balaban J connectivity index is 1.10. The van der Waals surface area contributed by atoms with Crippen LogP contribution in [0.3, 0.4) is 0 Å². The topological polar surface area (TPSA) is 18.5 Å². The summed E-state index contributed by atoms with van der Waals surface area (Å²) in [6.07, 6.45) is 18.6. The second-order valence-corrected chi connectivity index (χ2v) is 20.7. The summed E-state index contributed by atoms with van der Waals surface area (Å²) in [5, 5.41) is 0. The zero-order valence-electron chi connectivity index (χ0n) is 39.5. The quantitative estimate of drug-likeness (QED) is 0.0688. The van der Waals surface area contributed by atoms with Crippen molar-refractivity contribution in [3.8, 4) is 44.5 Å². The molecule has 8 rings (SSSR count). The summed E-state index contributed by atoms with van der Waals surface area (Å²) in [5.74, 6) is 0. The van der Waals surface area contributed by atoms with Crippen molar-refractivity contribution in [2.24, 2.45) is 0 Å². The molecule has 0 unspecified atom stereocenters. The first-order valence-corrected chi connectivity index (χ1v) is 24.2. The van der Waals surface area contributed by atoms with Gasteiger partial charge in [0.2, 0.25) is 0 Å². The summed E-state index contributed by atoms with van der Waals surface area (Å²) < 4.78 is 13.0. The maximum atomic E-state index is 6.51. The summed E-state index contributed by atoms with van der Waals surface area (Å²) in [6.45, 7) is 22.4. The Bertz CT molecular complexity index is 2320. The van der Waals surface area contributed by atoms with Crippen LogP contribution in [0, 0.1) is 13.8 Å². The van der Waals surface area contributed by atoms with Crippen LogP contribution in [0.2, 0.25) is 0 Å². The molecule has 0 spiro atoms. The minimum atomic E-state index is -0.368. The Morgan fingerprint density at radius 3 is 1.34 bits per heavy atom. The van der Waals surface area contributed by atoms with Gasteiger partial charge in [-0.05, 0) is 145 Å². The third kappa shape index (κ3) is 8.01. The Kier molecular flexibility index (Phi) is 12.4. The van der Waals surface area contributed by atoms with Gasteiger partial charge in [0.25, 0.3) is 0 Å². The molecule has 0 bridgehead atoms. The monoisotopic (exact) mass is 813 g/mol. The molecule has 0 radical (unpaired) electrons. The first kappa shape index (κ1) is 43.7. The molecule has 3 aliphatic rings. The van der Waals surface area contributed by atoms with Gasteiger partial charge in [0.1, 0.15) is 0 Å². The Morgan fingerprint density at radius 2 is 0.836 bits per heavy atom. The molecular formula is C58H73BO2. The second-order valence-electron chi connectivity index (χ2n) is 20.7. The molecule has 0 atom stereocenters. The molecule has 1 heterocycles. The molecule has 0 N–H and O–H groups in total. The third-order valence-corrected chi connectivity index (χ3v) is 15.6. The van der Waals surface area contributed by atoms with Gasteiger partial charge in [0.05, 0.1) is 11.2 Å². The molecule has 5 aromatic carbocycles. The van der Waals surface area contributed by atoms with E-state index in [9.17, 15) is 0 Å². The highest BCUT2D eigenvalue weighted by Gasteiger charge is 2.52. The van der Waals surface area contributed by atoms with Crippen LogP contribution in [0.1, 0.15) is 179 Å². The van der Waals surface area contributed by atoms with Gasteiger partial charge in [-0.3, -0.25) is 0 Å². The van der Waals surface area contributed by atoms with Gasteiger partial charge in [-0.1, -0.05) is 189 Å². The molecule has 5 aromatic rings. The summed E-state index contributed by atoms with van der Waals surface area (Å²) in [6, 6.07) is 36.1. The molecule has 3 heteroatoms. The van der Waals surface area contributed by atoms with E-state index in [1.807, 2.05) is 0 Å². The highest BCUT2D eigenvalue weighted by Crippen LogP contribution is 2.56. The van der Waals surface area contributed by atoms with Crippen LogP contribution in [0.15, 0.2) is 91.0 Å². The van der Waals surface area contributed by atoms with E-state index < -0.39 is 0 Å². The number of hydrogen-bond acceptors (Lipinski definition) is 2. The zero-order chi connectivity index (χ0) is 43.2. The molecule has 61 heavy (non-hydrogen) atoms. The van der Waals surface area contributed by atoms with Gasteiger partial charge in [0.15, 0.2) is 0 Å². The van der Waals surface area contributed by atoms with Crippen LogP contribution in [0.4, 0.5) is 0 Å². The minimum Gasteiger partial charge on any atom is -0.399 e. The zero-order valence-corrected chi connectivity index (χ0v) is 39.5. The van der Waals surface area contributed by atoms with E-state index in [4.69, 9.17) is 9.31 Å². The molecule has 2 nitrogen and oxygen atoms in total. The number of unbranched alkanes of at least 4 members (excludes halogenated alkanes) is 10. The Morgan fingerprint density at radius 1 is 0.426 bits per heavy atom. The van der Waals surface area contributed by atoms with Crippen LogP contribution in [0.5, 0.6) is 0 Å². The minimum absolute atomic E-state index is 0.0827. The second kappa shape index (κ2) is 17.3. The van der Waals surface area contributed by atoms with E-state index in [1.54, 1.807) is 11.1 Å². The lowest BCUT2D eigenvalue weighted by Gasteiger charge is -2.33. The van der Waals surface area contributed by atoms with Crippen molar-refractivity contribution >= 4 is 12.6 Å². The number of fused-ring (bicyclic) bond motifs is 6. The summed E-state index contributed by atoms with van der Waals surface area (Å²) in [7, 11) is -0.361. The van der Waals surface area contributed by atoms with E-state index >= 15 is 0 Å². The molecule has 1 fully saturated rings. The van der Waals surface area contributed by atoms with Crippen LogP contribution in [-0.4, -0.2) is 18.3 Å². The van der Waals surface area contributed by atoms with E-state index in [0.29, 0.717) is 0 Å². The highest BCUT2D eigenvalue weighted by molar-refractivity contribution is 6.63.